The van der Waals surface area contributed by atoms with Gasteiger partial charge in [0.05, 0.1) is 20.3 Å². The summed E-state index contributed by atoms with van der Waals surface area (Å²) in [6, 6.07) is 5.82. The molecule has 1 aromatic rings. The molecule has 0 heterocycles. The molecule has 4 heteroatoms. The quantitative estimate of drug-likeness (QED) is 0.758. The average molecular weight is 267 g/mol. The molecule has 0 bridgehead atoms. The lowest BCUT2D eigenvalue weighted by atomic mass is 10.1. The van der Waals surface area contributed by atoms with E-state index < -0.39 is 0 Å². The van der Waals surface area contributed by atoms with Gasteiger partial charge >= 0.3 is 0 Å². The minimum atomic E-state index is -0.292. The minimum Gasteiger partial charge on any atom is -0.493 e. The monoisotopic (exact) mass is 267 g/mol. The number of aliphatic hydroxyl groups excluding tert-OH is 1. The highest BCUT2D eigenvalue weighted by Gasteiger charge is 2.07. The summed E-state index contributed by atoms with van der Waals surface area (Å²) in [6.07, 6.45) is 0.527. The molecule has 0 saturated heterocycles. The second-order valence-electron chi connectivity index (χ2n) is 5.10. The highest BCUT2D eigenvalue weighted by Crippen LogP contribution is 2.27. The van der Waals surface area contributed by atoms with E-state index >= 15 is 0 Å². The fourth-order valence-corrected chi connectivity index (χ4v) is 2.00. The largest absolute Gasteiger partial charge is 0.493 e. The van der Waals surface area contributed by atoms with Gasteiger partial charge in [0.1, 0.15) is 0 Å². The fourth-order valence-electron chi connectivity index (χ4n) is 2.00. The third-order valence-electron chi connectivity index (χ3n) is 2.90. The second-order valence-corrected chi connectivity index (χ2v) is 5.10. The number of hydrogen-bond donors (Lipinski definition) is 2. The van der Waals surface area contributed by atoms with Gasteiger partial charge in [0.25, 0.3) is 0 Å². The smallest absolute Gasteiger partial charge is 0.161 e. The van der Waals surface area contributed by atoms with Gasteiger partial charge in [-0.05, 0) is 30.0 Å². The highest BCUT2D eigenvalue weighted by molar-refractivity contribution is 5.42. The van der Waals surface area contributed by atoms with Crippen LogP contribution in [0.3, 0.4) is 0 Å². The van der Waals surface area contributed by atoms with E-state index in [1.165, 1.54) is 0 Å². The molecule has 0 spiro atoms. The first-order valence-corrected chi connectivity index (χ1v) is 6.66. The Hall–Kier alpha value is -1.26. The molecule has 1 rings (SSSR count). The Kier molecular flexibility index (Phi) is 6.67. The molecule has 1 unspecified atom stereocenters. The summed E-state index contributed by atoms with van der Waals surface area (Å²) in [4.78, 5) is 0. The maximum Gasteiger partial charge on any atom is 0.161 e. The first-order chi connectivity index (χ1) is 9.06. The van der Waals surface area contributed by atoms with Gasteiger partial charge in [0.15, 0.2) is 11.5 Å². The van der Waals surface area contributed by atoms with E-state index in [9.17, 15) is 5.11 Å². The molecule has 108 valence electrons. The number of ether oxygens (including phenoxy) is 2. The van der Waals surface area contributed by atoms with Crippen LogP contribution in [-0.4, -0.2) is 32.0 Å². The van der Waals surface area contributed by atoms with Crippen molar-refractivity contribution in [3.63, 3.8) is 0 Å². The van der Waals surface area contributed by atoms with Gasteiger partial charge in [-0.15, -0.1) is 0 Å². The van der Waals surface area contributed by atoms with Crippen molar-refractivity contribution in [3.05, 3.63) is 23.8 Å². The van der Waals surface area contributed by atoms with E-state index in [4.69, 9.17) is 9.47 Å². The van der Waals surface area contributed by atoms with E-state index in [2.05, 4.69) is 19.2 Å². The molecule has 0 fully saturated rings. The van der Waals surface area contributed by atoms with E-state index in [0.717, 1.165) is 23.5 Å². The van der Waals surface area contributed by atoms with Crippen LogP contribution in [0.5, 0.6) is 11.5 Å². The lowest BCUT2D eigenvalue weighted by Crippen LogP contribution is -2.27. The molecule has 4 nitrogen and oxygen atoms in total. The van der Waals surface area contributed by atoms with Crippen LogP contribution < -0.4 is 14.8 Å². The molecule has 0 radical (unpaired) electrons. The third-order valence-corrected chi connectivity index (χ3v) is 2.90. The normalized spacial score (nSPS) is 12.5. The number of hydrogen-bond acceptors (Lipinski definition) is 4. The van der Waals surface area contributed by atoms with Crippen molar-refractivity contribution in [1.82, 2.24) is 5.32 Å². The summed E-state index contributed by atoms with van der Waals surface area (Å²) >= 11 is 0. The predicted molar refractivity (Wildman–Crippen MR) is 76.7 cm³/mol. The minimum absolute atomic E-state index is 0.292. The van der Waals surface area contributed by atoms with E-state index in [1.807, 2.05) is 18.2 Å². The summed E-state index contributed by atoms with van der Waals surface area (Å²) in [5.74, 6) is 1.97. The van der Waals surface area contributed by atoms with Crippen LogP contribution in [0.15, 0.2) is 18.2 Å². The Morgan fingerprint density at radius 2 is 1.84 bits per heavy atom. The van der Waals surface area contributed by atoms with Gasteiger partial charge < -0.3 is 19.9 Å². The van der Waals surface area contributed by atoms with Gasteiger partial charge in [-0.25, -0.2) is 0 Å². The average Bonchev–Trinajstić information content (AvgIpc) is 2.37. The molecule has 1 atom stereocenters. The Morgan fingerprint density at radius 1 is 1.16 bits per heavy atom. The maximum absolute atomic E-state index is 9.77. The fraction of sp³-hybridized carbons (Fsp3) is 0.600. The molecular weight excluding hydrogens is 242 g/mol. The zero-order valence-corrected chi connectivity index (χ0v) is 12.3. The van der Waals surface area contributed by atoms with E-state index in [0.29, 0.717) is 19.0 Å². The first kappa shape index (κ1) is 15.8. The third kappa shape index (κ3) is 5.49. The molecule has 1 aromatic carbocycles. The van der Waals surface area contributed by atoms with Crippen LogP contribution in [0.25, 0.3) is 0 Å². The molecule has 0 aliphatic heterocycles. The van der Waals surface area contributed by atoms with Crippen LogP contribution in [-0.2, 0) is 6.54 Å². The lowest BCUT2D eigenvalue weighted by molar-refractivity contribution is 0.146. The van der Waals surface area contributed by atoms with Crippen LogP contribution in [0.2, 0.25) is 0 Å². The topological polar surface area (TPSA) is 50.7 Å². The zero-order chi connectivity index (χ0) is 14.3. The summed E-state index contributed by atoms with van der Waals surface area (Å²) in [5, 5.41) is 13.0. The Labute approximate surface area is 115 Å². The van der Waals surface area contributed by atoms with Crippen LogP contribution in [0.1, 0.15) is 25.8 Å². The molecule has 0 aliphatic rings. The van der Waals surface area contributed by atoms with Crippen molar-refractivity contribution in [3.8, 4) is 11.5 Å². The lowest BCUT2D eigenvalue weighted by Gasteiger charge is -2.14. The molecule has 0 amide bonds. The summed E-state index contributed by atoms with van der Waals surface area (Å²) in [5.41, 5.74) is 1.11. The Balaban J connectivity index is 2.45. The van der Waals surface area contributed by atoms with Crippen molar-refractivity contribution < 1.29 is 14.6 Å². The van der Waals surface area contributed by atoms with Crippen molar-refractivity contribution >= 4 is 0 Å². The second kappa shape index (κ2) is 8.02. The number of rotatable bonds is 8. The number of methoxy groups -OCH3 is 2. The van der Waals surface area contributed by atoms with E-state index in [1.54, 1.807) is 14.2 Å². The van der Waals surface area contributed by atoms with Gasteiger partial charge in [-0.3, -0.25) is 0 Å². The van der Waals surface area contributed by atoms with Crippen molar-refractivity contribution in [2.24, 2.45) is 5.92 Å². The summed E-state index contributed by atoms with van der Waals surface area (Å²) in [6.45, 7) is 5.52. The van der Waals surface area contributed by atoms with Gasteiger partial charge in [-0.2, -0.15) is 0 Å². The molecule has 19 heavy (non-hydrogen) atoms. The van der Waals surface area contributed by atoms with Crippen molar-refractivity contribution in [1.29, 1.82) is 0 Å². The zero-order valence-electron chi connectivity index (χ0n) is 12.3. The van der Waals surface area contributed by atoms with Gasteiger partial charge in [0.2, 0.25) is 0 Å². The Morgan fingerprint density at radius 3 is 2.42 bits per heavy atom. The van der Waals surface area contributed by atoms with Crippen molar-refractivity contribution in [2.75, 3.05) is 20.8 Å². The molecule has 2 N–H and O–H groups in total. The standard InChI is InChI=1S/C15H25NO3/c1-11(2)7-13(17)10-16-9-12-5-6-14(18-3)15(8-12)19-4/h5-6,8,11,13,16-17H,7,9-10H2,1-4H3. The first-order valence-electron chi connectivity index (χ1n) is 6.66. The van der Waals surface area contributed by atoms with Crippen LogP contribution >= 0.6 is 0 Å². The highest BCUT2D eigenvalue weighted by atomic mass is 16.5. The maximum atomic E-state index is 9.77. The summed E-state index contributed by atoms with van der Waals surface area (Å²) < 4.78 is 10.4. The SMILES string of the molecule is COc1ccc(CNCC(O)CC(C)C)cc1OC. The Bertz CT molecular complexity index is 380. The number of benzene rings is 1. The van der Waals surface area contributed by atoms with Gasteiger partial charge in [-0.1, -0.05) is 19.9 Å². The van der Waals surface area contributed by atoms with Gasteiger partial charge in [0, 0.05) is 13.1 Å². The van der Waals surface area contributed by atoms with E-state index in [-0.39, 0.29) is 6.10 Å². The molecule has 0 aliphatic carbocycles. The number of aliphatic hydroxyl groups is 1. The predicted octanol–water partition coefficient (Wildman–Crippen LogP) is 2.20. The van der Waals surface area contributed by atoms with Crippen molar-refractivity contribution in [2.45, 2.75) is 32.9 Å². The summed E-state index contributed by atoms with van der Waals surface area (Å²) in [7, 11) is 3.25. The van der Waals surface area contributed by atoms with Crippen LogP contribution in [0.4, 0.5) is 0 Å². The number of nitrogens with one attached hydrogen (secondary N) is 1. The molecule has 0 aromatic heterocycles. The van der Waals surface area contributed by atoms with Crippen LogP contribution in [0, 0.1) is 5.92 Å². The molecule has 0 saturated carbocycles. The molecular formula is C15H25NO3.